The number of aromatic hydroxyl groups is 1. The minimum absolute atomic E-state index is 0.221. The van der Waals surface area contributed by atoms with Crippen LogP contribution in [0.25, 0.3) is 0 Å². The van der Waals surface area contributed by atoms with Crippen LogP contribution in [0, 0.1) is 6.92 Å². The number of hydrazone groups is 1. The molecule has 0 amide bonds. The number of phenolic OH excluding ortho intramolecular Hbond substituents is 1. The molecule has 1 aromatic rings. The topological polar surface area (TPSA) is 39.1 Å². The highest BCUT2D eigenvalue weighted by Gasteiger charge is 2.23. The summed E-state index contributed by atoms with van der Waals surface area (Å²) in [5.74, 6) is 0.221. The number of benzene rings is 1. The van der Waals surface area contributed by atoms with Gasteiger partial charge in [0.15, 0.2) is 0 Å². The summed E-state index contributed by atoms with van der Waals surface area (Å²) in [6.07, 6.45) is 0. The van der Waals surface area contributed by atoms with Gasteiger partial charge in [-0.1, -0.05) is 12.1 Å². The highest BCUT2D eigenvalue weighted by atomic mass is 35.5. The number of amidine groups is 1. The second-order valence-corrected chi connectivity index (χ2v) is 3.88. The van der Waals surface area contributed by atoms with Gasteiger partial charge in [0.05, 0.1) is 5.69 Å². The number of nitrogens with zero attached hydrogens (tertiary/aromatic N) is 3. The first-order valence-corrected chi connectivity index (χ1v) is 4.99. The zero-order chi connectivity index (χ0) is 11.0. The van der Waals surface area contributed by atoms with Crippen molar-refractivity contribution in [3.63, 3.8) is 0 Å². The van der Waals surface area contributed by atoms with Crippen molar-refractivity contribution < 1.29 is 5.11 Å². The zero-order valence-corrected chi connectivity index (χ0v) is 9.36. The summed E-state index contributed by atoms with van der Waals surface area (Å²) in [5.41, 5.74) is 1.69. The lowest BCUT2D eigenvalue weighted by Gasteiger charge is -2.20. The minimum Gasteiger partial charge on any atom is -0.506 e. The maximum Gasteiger partial charge on any atom is 0.223 e. The van der Waals surface area contributed by atoms with Gasteiger partial charge in [-0.25, -0.2) is 0 Å². The molecule has 15 heavy (non-hydrogen) atoms. The number of aryl methyl sites for hydroxylation is 1. The van der Waals surface area contributed by atoms with E-state index < -0.39 is 0 Å². The van der Waals surface area contributed by atoms with Gasteiger partial charge in [0.1, 0.15) is 12.4 Å². The third kappa shape index (κ3) is 1.72. The monoisotopic (exact) mass is 225 g/mol. The van der Waals surface area contributed by atoms with E-state index in [0.717, 1.165) is 11.3 Å². The Kier molecular flexibility index (Phi) is 2.44. The third-order valence-corrected chi connectivity index (χ3v) is 2.59. The van der Waals surface area contributed by atoms with Crippen LogP contribution in [0.5, 0.6) is 5.75 Å². The third-order valence-electron chi connectivity index (χ3n) is 2.31. The van der Waals surface area contributed by atoms with Crippen molar-refractivity contribution in [1.29, 1.82) is 0 Å². The predicted molar refractivity (Wildman–Crippen MR) is 61.2 cm³/mol. The Morgan fingerprint density at radius 2 is 2.20 bits per heavy atom. The lowest BCUT2D eigenvalue weighted by Crippen LogP contribution is -2.27. The fourth-order valence-electron chi connectivity index (χ4n) is 1.65. The van der Waals surface area contributed by atoms with Gasteiger partial charge in [0, 0.05) is 7.05 Å². The SMILES string of the molecule is Cc1cccc(O)c1N1CN(C)N=C1Cl. The Morgan fingerprint density at radius 1 is 1.47 bits per heavy atom. The smallest absolute Gasteiger partial charge is 0.223 e. The number of anilines is 1. The van der Waals surface area contributed by atoms with Gasteiger partial charge < -0.3 is 5.11 Å². The Morgan fingerprint density at radius 3 is 2.73 bits per heavy atom. The number of rotatable bonds is 1. The molecule has 1 aliphatic heterocycles. The van der Waals surface area contributed by atoms with Crippen LogP contribution in [0.3, 0.4) is 0 Å². The molecule has 0 radical (unpaired) electrons. The van der Waals surface area contributed by atoms with Crippen molar-refractivity contribution in [3.8, 4) is 5.75 Å². The lowest BCUT2D eigenvalue weighted by atomic mass is 10.2. The lowest BCUT2D eigenvalue weighted by molar-refractivity contribution is 0.391. The van der Waals surface area contributed by atoms with Crippen LogP contribution in [0.4, 0.5) is 5.69 Å². The molecule has 0 spiro atoms. The molecule has 1 N–H and O–H groups in total. The maximum atomic E-state index is 9.78. The van der Waals surface area contributed by atoms with Crippen LogP contribution in [-0.2, 0) is 0 Å². The number of hydrogen-bond acceptors (Lipinski definition) is 4. The summed E-state index contributed by atoms with van der Waals surface area (Å²) in [4.78, 5) is 1.77. The molecule has 0 bridgehead atoms. The first-order chi connectivity index (χ1) is 7.09. The molecule has 0 atom stereocenters. The Labute approximate surface area is 93.4 Å². The van der Waals surface area contributed by atoms with Gasteiger partial charge in [-0.15, -0.1) is 5.10 Å². The van der Waals surface area contributed by atoms with Crippen LogP contribution >= 0.6 is 11.6 Å². The minimum atomic E-state index is 0.221. The molecular weight excluding hydrogens is 214 g/mol. The molecule has 1 aromatic carbocycles. The van der Waals surface area contributed by atoms with Crippen LogP contribution in [0.15, 0.2) is 23.3 Å². The van der Waals surface area contributed by atoms with Crippen molar-refractivity contribution >= 4 is 22.6 Å². The van der Waals surface area contributed by atoms with Gasteiger partial charge in [0.2, 0.25) is 5.29 Å². The molecule has 5 heteroatoms. The molecular formula is C10H12ClN3O. The summed E-state index contributed by atoms with van der Waals surface area (Å²) in [7, 11) is 1.83. The molecule has 80 valence electrons. The highest BCUT2D eigenvalue weighted by Crippen LogP contribution is 2.33. The summed E-state index contributed by atoms with van der Waals surface area (Å²) in [6, 6.07) is 5.38. The zero-order valence-electron chi connectivity index (χ0n) is 8.61. The number of phenols is 1. The molecule has 1 heterocycles. The first kappa shape index (κ1) is 10.1. The van der Waals surface area contributed by atoms with E-state index >= 15 is 0 Å². The molecule has 0 aromatic heterocycles. The number of halogens is 1. The van der Waals surface area contributed by atoms with Crippen LogP contribution < -0.4 is 4.90 Å². The van der Waals surface area contributed by atoms with E-state index in [1.54, 1.807) is 22.0 Å². The van der Waals surface area contributed by atoms with Crippen LogP contribution in [0.2, 0.25) is 0 Å². The van der Waals surface area contributed by atoms with E-state index in [4.69, 9.17) is 11.6 Å². The molecule has 4 nitrogen and oxygen atoms in total. The molecule has 2 rings (SSSR count). The predicted octanol–water partition coefficient (Wildman–Crippen LogP) is 1.92. The Balaban J connectivity index is 2.43. The van der Waals surface area contributed by atoms with Crippen molar-refractivity contribution in [2.24, 2.45) is 5.10 Å². The fraction of sp³-hybridized carbons (Fsp3) is 0.300. The van der Waals surface area contributed by atoms with Crippen LogP contribution in [-0.4, -0.2) is 29.1 Å². The van der Waals surface area contributed by atoms with Crippen molar-refractivity contribution in [2.75, 3.05) is 18.6 Å². The van der Waals surface area contributed by atoms with Crippen molar-refractivity contribution in [2.45, 2.75) is 6.92 Å². The first-order valence-electron chi connectivity index (χ1n) is 4.61. The maximum absolute atomic E-state index is 9.78. The van der Waals surface area contributed by atoms with Crippen molar-refractivity contribution in [1.82, 2.24) is 5.01 Å². The molecule has 0 fully saturated rings. The fourth-order valence-corrected chi connectivity index (χ4v) is 1.91. The largest absolute Gasteiger partial charge is 0.506 e. The van der Waals surface area contributed by atoms with E-state index in [1.165, 1.54) is 0 Å². The summed E-state index contributed by atoms with van der Waals surface area (Å²) >= 11 is 5.97. The Hall–Kier alpha value is -1.42. The second-order valence-electron chi connectivity index (χ2n) is 3.54. The van der Waals surface area contributed by atoms with E-state index in [1.807, 2.05) is 20.0 Å². The van der Waals surface area contributed by atoms with E-state index in [2.05, 4.69) is 5.10 Å². The highest BCUT2D eigenvalue weighted by molar-refractivity contribution is 6.68. The van der Waals surface area contributed by atoms with E-state index in [0.29, 0.717) is 12.0 Å². The van der Waals surface area contributed by atoms with E-state index in [-0.39, 0.29) is 5.75 Å². The molecule has 0 unspecified atom stereocenters. The second kappa shape index (κ2) is 3.62. The summed E-state index contributed by atoms with van der Waals surface area (Å²) in [5, 5.41) is 15.9. The van der Waals surface area contributed by atoms with Gasteiger partial charge in [-0.2, -0.15) is 0 Å². The van der Waals surface area contributed by atoms with Crippen molar-refractivity contribution in [3.05, 3.63) is 23.8 Å². The quantitative estimate of drug-likeness (QED) is 0.743. The molecule has 1 aliphatic rings. The van der Waals surface area contributed by atoms with E-state index in [9.17, 15) is 5.11 Å². The van der Waals surface area contributed by atoms with Gasteiger partial charge >= 0.3 is 0 Å². The average Bonchev–Trinajstić information content (AvgIpc) is 2.45. The van der Waals surface area contributed by atoms with Gasteiger partial charge in [-0.05, 0) is 30.2 Å². The number of hydrogen-bond donors (Lipinski definition) is 1. The number of para-hydroxylation sites is 1. The Bertz CT molecular complexity index is 399. The molecule has 0 saturated heterocycles. The molecule has 0 aliphatic carbocycles. The molecule has 0 saturated carbocycles. The summed E-state index contributed by atoms with van der Waals surface area (Å²) in [6.45, 7) is 2.48. The van der Waals surface area contributed by atoms with Gasteiger partial charge in [-0.3, -0.25) is 9.91 Å². The summed E-state index contributed by atoms with van der Waals surface area (Å²) < 4.78 is 0. The van der Waals surface area contributed by atoms with Crippen LogP contribution in [0.1, 0.15) is 5.56 Å². The van der Waals surface area contributed by atoms with Gasteiger partial charge in [0.25, 0.3) is 0 Å². The normalized spacial score (nSPS) is 15.8. The standard InChI is InChI=1S/C10H12ClN3O/c1-7-4-3-5-8(15)9(7)14-6-13(2)12-10(14)11/h3-5,15H,6H2,1-2H3. The average molecular weight is 226 g/mol.